The molecular weight excluding hydrogens is 362 g/mol. The molecule has 144 valence electrons. The molecule has 1 amide bonds. The minimum atomic E-state index is -3.71. The van der Waals surface area contributed by atoms with Gasteiger partial charge in [0.1, 0.15) is 0 Å². The summed E-state index contributed by atoms with van der Waals surface area (Å²) in [5.74, 6) is -0.0409. The second-order valence-electron chi connectivity index (χ2n) is 6.94. The van der Waals surface area contributed by atoms with Crippen LogP contribution in [0.1, 0.15) is 43.0 Å². The predicted molar refractivity (Wildman–Crippen MR) is 104 cm³/mol. The molecule has 3 rings (SSSR count). The molecule has 1 aliphatic rings. The molecular formula is C20H25N3O3S. The zero-order valence-corrected chi connectivity index (χ0v) is 16.2. The summed E-state index contributed by atoms with van der Waals surface area (Å²) in [6, 6.07) is 16.6. The third-order valence-corrected chi connectivity index (χ3v) is 5.91. The van der Waals surface area contributed by atoms with Crippen LogP contribution in [-0.4, -0.2) is 32.3 Å². The molecule has 2 atom stereocenters. The molecule has 27 heavy (non-hydrogen) atoms. The van der Waals surface area contributed by atoms with Gasteiger partial charge in [-0.05, 0) is 49.6 Å². The highest BCUT2D eigenvalue weighted by molar-refractivity contribution is 7.89. The first-order valence-corrected chi connectivity index (χ1v) is 10.6. The number of nitrogens with two attached hydrogens (primary N) is 1. The predicted octanol–water partition coefficient (Wildman–Crippen LogP) is 2.35. The average Bonchev–Trinajstić information content (AvgIpc) is 3.09. The number of benzene rings is 2. The Labute approximate surface area is 160 Å². The Bertz CT molecular complexity index is 882. The fraction of sp³-hybridized carbons (Fsp3) is 0.350. The van der Waals surface area contributed by atoms with Crippen molar-refractivity contribution in [2.24, 2.45) is 5.14 Å². The van der Waals surface area contributed by atoms with E-state index < -0.39 is 10.0 Å². The summed E-state index contributed by atoms with van der Waals surface area (Å²) in [5, 5.41) is 8.10. The van der Waals surface area contributed by atoms with Gasteiger partial charge in [-0.25, -0.2) is 13.6 Å². The molecule has 0 aliphatic carbocycles. The highest BCUT2D eigenvalue weighted by atomic mass is 32.2. The number of amides is 1. The number of nitrogens with one attached hydrogen (secondary N) is 1. The molecule has 0 spiro atoms. The molecule has 0 aromatic heterocycles. The molecule has 1 fully saturated rings. The zero-order valence-electron chi connectivity index (χ0n) is 15.3. The van der Waals surface area contributed by atoms with E-state index in [-0.39, 0.29) is 22.9 Å². The van der Waals surface area contributed by atoms with Crippen molar-refractivity contribution < 1.29 is 13.2 Å². The van der Waals surface area contributed by atoms with E-state index in [4.69, 9.17) is 5.14 Å². The SMILES string of the molecule is C[C@@H](NC(=O)CN1CCC[C@@H]1c1ccccc1)c1ccc(S(N)(=O)=O)cc1. The molecule has 3 N–H and O–H groups in total. The quantitative estimate of drug-likeness (QED) is 0.796. The number of nitrogens with zero attached hydrogens (tertiary/aromatic N) is 1. The standard InChI is InChI=1S/C20H25N3O3S/c1-15(16-9-11-18(12-10-16)27(21,25)26)22-20(24)14-23-13-5-8-19(23)17-6-3-2-4-7-17/h2-4,6-7,9-12,15,19H,5,8,13-14H2,1H3,(H,22,24)(H2,21,25,26)/t15-,19-/m1/s1. The van der Waals surface area contributed by atoms with Crippen LogP contribution in [0.15, 0.2) is 59.5 Å². The van der Waals surface area contributed by atoms with Crippen LogP contribution in [0.5, 0.6) is 0 Å². The molecule has 1 saturated heterocycles. The minimum Gasteiger partial charge on any atom is -0.348 e. The molecule has 0 radical (unpaired) electrons. The molecule has 0 unspecified atom stereocenters. The van der Waals surface area contributed by atoms with Gasteiger partial charge in [0, 0.05) is 6.04 Å². The van der Waals surface area contributed by atoms with Crippen molar-refractivity contribution in [1.29, 1.82) is 0 Å². The van der Waals surface area contributed by atoms with Crippen LogP contribution < -0.4 is 10.5 Å². The first-order chi connectivity index (χ1) is 12.8. The molecule has 1 heterocycles. The van der Waals surface area contributed by atoms with Crippen LogP contribution in [-0.2, 0) is 14.8 Å². The van der Waals surface area contributed by atoms with Crippen LogP contribution in [0.25, 0.3) is 0 Å². The minimum absolute atomic E-state index is 0.0409. The van der Waals surface area contributed by atoms with Gasteiger partial charge in [-0.3, -0.25) is 9.69 Å². The Hall–Kier alpha value is -2.22. The topological polar surface area (TPSA) is 92.5 Å². The van der Waals surface area contributed by atoms with Crippen LogP contribution in [0.2, 0.25) is 0 Å². The van der Waals surface area contributed by atoms with Crippen molar-refractivity contribution in [3.63, 3.8) is 0 Å². The lowest BCUT2D eigenvalue weighted by Gasteiger charge is -2.25. The van der Waals surface area contributed by atoms with E-state index in [9.17, 15) is 13.2 Å². The van der Waals surface area contributed by atoms with Crippen LogP contribution >= 0.6 is 0 Å². The summed E-state index contributed by atoms with van der Waals surface area (Å²) in [5.41, 5.74) is 2.08. The van der Waals surface area contributed by atoms with Crippen molar-refractivity contribution in [1.82, 2.24) is 10.2 Å². The van der Waals surface area contributed by atoms with Gasteiger partial charge < -0.3 is 5.32 Å². The maximum Gasteiger partial charge on any atom is 0.238 e. The summed E-state index contributed by atoms with van der Waals surface area (Å²) < 4.78 is 22.7. The van der Waals surface area contributed by atoms with Gasteiger partial charge in [-0.15, -0.1) is 0 Å². The van der Waals surface area contributed by atoms with E-state index in [1.54, 1.807) is 12.1 Å². The number of rotatable bonds is 6. The van der Waals surface area contributed by atoms with Crippen LogP contribution in [0.4, 0.5) is 0 Å². The highest BCUT2D eigenvalue weighted by Gasteiger charge is 2.27. The fourth-order valence-corrected chi connectivity index (χ4v) is 4.08. The summed E-state index contributed by atoms with van der Waals surface area (Å²) in [6.45, 7) is 3.13. The van der Waals surface area contributed by atoms with E-state index in [1.807, 2.05) is 25.1 Å². The van der Waals surface area contributed by atoms with E-state index in [0.29, 0.717) is 6.54 Å². The van der Waals surface area contributed by atoms with Crippen molar-refractivity contribution in [3.8, 4) is 0 Å². The second kappa shape index (κ2) is 8.21. The van der Waals surface area contributed by atoms with Crippen molar-refractivity contribution in [2.75, 3.05) is 13.1 Å². The first-order valence-electron chi connectivity index (χ1n) is 9.06. The molecule has 6 nitrogen and oxygen atoms in total. The normalized spacial score (nSPS) is 19.0. The largest absolute Gasteiger partial charge is 0.348 e. The molecule has 2 aromatic carbocycles. The third-order valence-electron chi connectivity index (χ3n) is 4.98. The smallest absolute Gasteiger partial charge is 0.238 e. The van der Waals surface area contributed by atoms with Gasteiger partial charge >= 0.3 is 0 Å². The number of carbonyl (C=O) groups excluding carboxylic acids is 1. The number of hydrogen-bond acceptors (Lipinski definition) is 4. The Morgan fingerprint density at radius 3 is 2.48 bits per heavy atom. The first kappa shape index (κ1) is 19.5. The lowest BCUT2D eigenvalue weighted by molar-refractivity contribution is -0.123. The molecule has 1 aliphatic heterocycles. The number of hydrogen-bond donors (Lipinski definition) is 2. The zero-order chi connectivity index (χ0) is 19.4. The average molecular weight is 388 g/mol. The van der Waals surface area contributed by atoms with E-state index in [0.717, 1.165) is 24.9 Å². The Balaban J connectivity index is 1.60. The van der Waals surface area contributed by atoms with Gasteiger partial charge in [-0.1, -0.05) is 42.5 Å². The number of carbonyl (C=O) groups is 1. The monoisotopic (exact) mass is 387 g/mol. The van der Waals surface area contributed by atoms with E-state index in [2.05, 4.69) is 22.3 Å². The summed E-state index contributed by atoms with van der Waals surface area (Å²) >= 11 is 0. The summed E-state index contributed by atoms with van der Waals surface area (Å²) in [7, 11) is -3.71. The van der Waals surface area contributed by atoms with E-state index in [1.165, 1.54) is 17.7 Å². The molecule has 0 saturated carbocycles. The Morgan fingerprint density at radius 1 is 1.19 bits per heavy atom. The van der Waals surface area contributed by atoms with E-state index >= 15 is 0 Å². The molecule has 7 heteroatoms. The van der Waals surface area contributed by atoms with Gasteiger partial charge in [0.25, 0.3) is 0 Å². The third kappa shape index (κ3) is 4.94. The van der Waals surface area contributed by atoms with Crippen LogP contribution in [0, 0.1) is 0 Å². The number of likely N-dealkylation sites (tertiary alicyclic amines) is 1. The summed E-state index contributed by atoms with van der Waals surface area (Å²) in [4.78, 5) is 14.8. The second-order valence-corrected chi connectivity index (χ2v) is 8.50. The maximum absolute atomic E-state index is 12.5. The maximum atomic E-state index is 12.5. The lowest BCUT2D eigenvalue weighted by Crippen LogP contribution is -2.38. The van der Waals surface area contributed by atoms with Crippen molar-refractivity contribution >= 4 is 15.9 Å². The van der Waals surface area contributed by atoms with Crippen molar-refractivity contribution in [2.45, 2.75) is 36.7 Å². The van der Waals surface area contributed by atoms with Crippen molar-refractivity contribution in [3.05, 3.63) is 65.7 Å². The van der Waals surface area contributed by atoms with Crippen LogP contribution in [0.3, 0.4) is 0 Å². The highest BCUT2D eigenvalue weighted by Crippen LogP contribution is 2.31. The number of primary sulfonamides is 1. The van der Waals surface area contributed by atoms with Gasteiger partial charge in [0.15, 0.2) is 0 Å². The molecule has 0 bridgehead atoms. The fourth-order valence-electron chi connectivity index (χ4n) is 3.57. The molecule has 2 aromatic rings. The number of sulfonamides is 1. The van der Waals surface area contributed by atoms with Gasteiger partial charge in [0.05, 0.1) is 17.5 Å². The Kier molecular flexibility index (Phi) is 5.94. The summed E-state index contributed by atoms with van der Waals surface area (Å²) in [6.07, 6.45) is 2.14. The van der Waals surface area contributed by atoms with Gasteiger partial charge in [0.2, 0.25) is 15.9 Å². The lowest BCUT2D eigenvalue weighted by atomic mass is 10.0. The Morgan fingerprint density at radius 2 is 1.85 bits per heavy atom. The van der Waals surface area contributed by atoms with Gasteiger partial charge in [-0.2, -0.15) is 0 Å².